The highest BCUT2D eigenvalue weighted by Gasteiger charge is 2.11. The average molecular weight is 343 g/mol. The van der Waals surface area contributed by atoms with Gasteiger partial charge in [0.25, 0.3) is 5.89 Å². The summed E-state index contributed by atoms with van der Waals surface area (Å²) in [5.41, 5.74) is 0. The molecule has 2 aromatic heterocycles. The topological polar surface area (TPSA) is 48.2 Å². The van der Waals surface area contributed by atoms with Gasteiger partial charge in [0.2, 0.25) is 5.82 Å². The van der Waals surface area contributed by atoms with Gasteiger partial charge in [-0.2, -0.15) is 4.98 Å². The normalized spacial score (nSPS) is 11.0. The summed E-state index contributed by atoms with van der Waals surface area (Å²) in [6.45, 7) is 0.237. The van der Waals surface area contributed by atoms with Crippen molar-refractivity contribution in [2.75, 3.05) is 0 Å². The van der Waals surface area contributed by atoms with Crippen molar-refractivity contribution in [1.82, 2.24) is 10.1 Å². The van der Waals surface area contributed by atoms with Gasteiger partial charge in [-0.25, -0.2) is 0 Å². The molecule has 4 nitrogen and oxygen atoms in total. The molecule has 0 spiro atoms. The van der Waals surface area contributed by atoms with E-state index in [1.165, 1.54) is 0 Å². The van der Waals surface area contributed by atoms with E-state index in [1.807, 2.05) is 53.9 Å². The van der Waals surface area contributed by atoms with Gasteiger partial charge in [0.1, 0.15) is 5.75 Å². The minimum absolute atomic E-state index is 0.237. The van der Waals surface area contributed by atoms with Crippen LogP contribution in [0.3, 0.4) is 0 Å². The molecule has 0 amide bonds. The third-order valence-corrected chi connectivity index (χ3v) is 4.58. The minimum Gasteiger partial charge on any atom is -0.485 e. The van der Waals surface area contributed by atoms with Crippen LogP contribution in [0.5, 0.6) is 5.75 Å². The molecular formula is C17H11ClN2O2S. The molecule has 114 valence electrons. The number of aromatic nitrogens is 2. The average Bonchev–Trinajstić information content (AvgIpc) is 3.26. The zero-order valence-corrected chi connectivity index (χ0v) is 13.5. The van der Waals surface area contributed by atoms with Gasteiger partial charge in [0.05, 0.1) is 4.88 Å². The number of thiophene rings is 1. The molecule has 2 aromatic carbocycles. The summed E-state index contributed by atoms with van der Waals surface area (Å²) in [5.74, 6) is 1.76. The molecule has 0 saturated carbocycles. The number of ether oxygens (including phenoxy) is 1. The Kier molecular flexibility index (Phi) is 3.73. The lowest BCUT2D eigenvalue weighted by molar-refractivity contribution is 0.290. The molecule has 0 aliphatic rings. The number of benzene rings is 2. The van der Waals surface area contributed by atoms with Crippen LogP contribution in [0.1, 0.15) is 5.82 Å². The molecule has 0 radical (unpaired) electrons. The van der Waals surface area contributed by atoms with E-state index in [2.05, 4.69) is 10.1 Å². The lowest BCUT2D eigenvalue weighted by atomic mass is 10.1. The molecule has 0 atom stereocenters. The van der Waals surface area contributed by atoms with E-state index in [1.54, 1.807) is 11.3 Å². The molecule has 4 rings (SSSR count). The number of halogens is 1. The molecular weight excluding hydrogens is 332 g/mol. The second-order valence-electron chi connectivity index (χ2n) is 4.87. The van der Waals surface area contributed by atoms with Crippen molar-refractivity contribution in [3.05, 3.63) is 64.8 Å². The third kappa shape index (κ3) is 2.81. The van der Waals surface area contributed by atoms with E-state index in [4.69, 9.17) is 20.9 Å². The maximum Gasteiger partial charge on any atom is 0.268 e. The zero-order valence-electron chi connectivity index (χ0n) is 11.9. The monoisotopic (exact) mass is 342 g/mol. The summed E-state index contributed by atoms with van der Waals surface area (Å²) in [6.07, 6.45) is 0. The first-order chi connectivity index (χ1) is 11.3. The van der Waals surface area contributed by atoms with Crippen molar-refractivity contribution in [2.24, 2.45) is 0 Å². The van der Waals surface area contributed by atoms with E-state index >= 15 is 0 Å². The van der Waals surface area contributed by atoms with Crippen LogP contribution in [0.4, 0.5) is 0 Å². The van der Waals surface area contributed by atoms with Crippen molar-refractivity contribution < 1.29 is 9.26 Å². The quantitative estimate of drug-likeness (QED) is 0.512. The summed E-state index contributed by atoms with van der Waals surface area (Å²) in [4.78, 5) is 5.29. The van der Waals surface area contributed by atoms with Crippen LogP contribution in [0.15, 0.2) is 58.4 Å². The van der Waals surface area contributed by atoms with Crippen LogP contribution in [-0.4, -0.2) is 10.1 Å². The number of rotatable bonds is 4. The Balaban J connectivity index is 1.57. The maximum absolute atomic E-state index is 6.21. The second kappa shape index (κ2) is 6.02. The second-order valence-corrected chi connectivity index (χ2v) is 6.23. The highest BCUT2D eigenvalue weighted by atomic mass is 35.5. The highest BCUT2D eigenvalue weighted by Crippen LogP contribution is 2.31. The Morgan fingerprint density at radius 1 is 1.04 bits per heavy atom. The van der Waals surface area contributed by atoms with E-state index < -0.39 is 0 Å². The summed E-state index contributed by atoms with van der Waals surface area (Å²) >= 11 is 7.77. The van der Waals surface area contributed by atoms with Crippen LogP contribution in [-0.2, 0) is 6.61 Å². The van der Waals surface area contributed by atoms with Crippen LogP contribution in [0, 0.1) is 0 Å². The van der Waals surface area contributed by atoms with Gasteiger partial charge in [0.15, 0.2) is 6.61 Å². The smallest absolute Gasteiger partial charge is 0.268 e. The number of hydrogen-bond acceptors (Lipinski definition) is 5. The summed E-state index contributed by atoms with van der Waals surface area (Å²) in [5, 5.41) is 8.54. The fraction of sp³-hybridized carbons (Fsp3) is 0.0588. The number of nitrogens with zero attached hydrogens (tertiary/aromatic N) is 2. The van der Waals surface area contributed by atoms with Gasteiger partial charge in [-0.15, -0.1) is 11.3 Å². The van der Waals surface area contributed by atoms with Crippen molar-refractivity contribution in [3.8, 4) is 16.5 Å². The summed E-state index contributed by atoms with van der Waals surface area (Å²) in [6, 6.07) is 15.4. The van der Waals surface area contributed by atoms with E-state index in [0.717, 1.165) is 21.4 Å². The van der Waals surface area contributed by atoms with E-state index in [9.17, 15) is 0 Å². The molecule has 0 bridgehead atoms. The maximum atomic E-state index is 6.21. The minimum atomic E-state index is 0.237. The van der Waals surface area contributed by atoms with Crippen molar-refractivity contribution >= 4 is 33.7 Å². The molecule has 0 N–H and O–H groups in total. The van der Waals surface area contributed by atoms with Crippen LogP contribution in [0.25, 0.3) is 21.5 Å². The van der Waals surface area contributed by atoms with Crippen molar-refractivity contribution in [3.63, 3.8) is 0 Å². The first kappa shape index (κ1) is 14.2. The van der Waals surface area contributed by atoms with Crippen molar-refractivity contribution in [2.45, 2.75) is 6.61 Å². The predicted molar refractivity (Wildman–Crippen MR) is 90.9 cm³/mol. The number of fused-ring (bicyclic) bond motifs is 1. The molecule has 4 aromatic rings. The Labute approximate surface area is 141 Å². The lowest BCUT2D eigenvalue weighted by Crippen LogP contribution is -1.98. The molecule has 0 saturated heterocycles. The fourth-order valence-corrected chi connectivity index (χ4v) is 3.19. The molecule has 0 aliphatic carbocycles. The molecule has 0 fully saturated rings. The summed E-state index contributed by atoms with van der Waals surface area (Å²) < 4.78 is 11.1. The van der Waals surface area contributed by atoms with Gasteiger partial charge >= 0.3 is 0 Å². The fourth-order valence-electron chi connectivity index (χ4n) is 2.32. The molecule has 2 heterocycles. The van der Waals surface area contributed by atoms with E-state index in [0.29, 0.717) is 16.7 Å². The van der Waals surface area contributed by atoms with Crippen molar-refractivity contribution in [1.29, 1.82) is 0 Å². The SMILES string of the molecule is Clc1ccc(OCc2noc(-c3cccs3)n2)c2ccccc12. The van der Waals surface area contributed by atoms with E-state index in [-0.39, 0.29) is 6.61 Å². The lowest BCUT2D eigenvalue weighted by Gasteiger charge is -2.08. The summed E-state index contributed by atoms with van der Waals surface area (Å²) in [7, 11) is 0. The Bertz CT molecular complexity index is 950. The Hall–Kier alpha value is -2.37. The Morgan fingerprint density at radius 3 is 2.74 bits per heavy atom. The van der Waals surface area contributed by atoms with Gasteiger partial charge in [0, 0.05) is 15.8 Å². The zero-order chi connectivity index (χ0) is 15.6. The predicted octanol–water partition coefficient (Wildman–Crippen LogP) is 5.18. The standard InChI is InChI=1S/C17H11ClN2O2S/c18-13-7-8-14(12-5-2-1-4-11(12)13)21-10-16-19-17(22-20-16)15-6-3-9-23-15/h1-9H,10H2. The first-order valence-electron chi connectivity index (χ1n) is 6.98. The largest absolute Gasteiger partial charge is 0.485 e. The highest BCUT2D eigenvalue weighted by molar-refractivity contribution is 7.13. The molecule has 0 unspecified atom stereocenters. The molecule has 0 aliphatic heterocycles. The van der Waals surface area contributed by atoms with Gasteiger partial charge in [-0.3, -0.25) is 0 Å². The first-order valence-corrected chi connectivity index (χ1v) is 8.23. The third-order valence-electron chi connectivity index (χ3n) is 3.39. The van der Waals surface area contributed by atoms with Crippen LogP contribution in [0.2, 0.25) is 5.02 Å². The van der Waals surface area contributed by atoms with Crippen LogP contribution >= 0.6 is 22.9 Å². The van der Waals surface area contributed by atoms with Crippen LogP contribution < -0.4 is 4.74 Å². The number of hydrogen-bond donors (Lipinski definition) is 0. The molecule has 23 heavy (non-hydrogen) atoms. The van der Waals surface area contributed by atoms with Gasteiger partial charge < -0.3 is 9.26 Å². The molecule has 6 heteroatoms. The Morgan fingerprint density at radius 2 is 1.91 bits per heavy atom. The van der Waals surface area contributed by atoms with Gasteiger partial charge in [-0.1, -0.05) is 47.1 Å². The van der Waals surface area contributed by atoms with Gasteiger partial charge in [-0.05, 0) is 23.6 Å².